The maximum atomic E-state index is 11.4. The molecule has 0 aliphatic carbocycles. The van der Waals surface area contributed by atoms with E-state index < -0.39 is 17.5 Å². The van der Waals surface area contributed by atoms with Crippen molar-refractivity contribution in [3.05, 3.63) is 57.6 Å². The van der Waals surface area contributed by atoms with Gasteiger partial charge < -0.3 is 19.9 Å². The van der Waals surface area contributed by atoms with Gasteiger partial charge in [-0.05, 0) is 29.5 Å². The topological polar surface area (TPSA) is 164 Å². The normalized spacial score (nSPS) is 12.1. The van der Waals surface area contributed by atoms with Crippen LogP contribution in [0.25, 0.3) is 5.65 Å². The third kappa shape index (κ3) is 4.99. The van der Waals surface area contributed by atoms with E-state index in [1.807, 2.05) is 18.2 Å². The van der Waals surface area contributed by atoms with E-state index in [9.17, 15) is 19.2 Å². The molecule has 0 saturated carbocycles. The number of nitrogens with one attached hydrogen (secondary N) is 3. The number of nitrogens with zero attached hydrogens (tertiary/aromatic N) is 2. The van der Waals surface area contributed by atoms with Gasteiger partial charge in [-0.15, -0.1) is 0 Å². The standard InChI is InChI=1S/C9H9ClN2O2.C9H7N3O5/c10-11-4-6-1-2-8-7(3-6)12-9(13)5-14-8;1-17-9(16)5-2-4(8(14)15)10-6-3-7(13)11-12(5)6/h1-3,11H,4-5H2,(H,12,13);2-3H,1H3,(H,11,13)(H,14,15). The first-order valence-electron chi connectivity index (χ1n) is 8.66. The van der Waals surface area contributed by atoms with Crippen molar-refractivity contribution in [2.45, 2.75) is 6.54 Å². The number of benzene rings is 1. The molecule has 0 saturated heterocycles. The van der Waals surface area contributed by atoms with Gasteiger partial charge >= 0.3 is 11.9 Å². The summed E-state index contributed by atoms with van der Waals surface area (Å²) in [7, 11) is 1.15. The molecule has 31 heavy (non-hydrogen) atoms. The molecule has 4 rings (SSSR count). The average molecular weight is 450 g/mol. The van der Waals surface area contributed by atoms with Crippen LogP contribution in [0.3, 0.4) is 0 Å². The molecule has 3 aromatic rings. The molecule has 0 radical (unpaired) electrons. The van der Waals surface area contributed by atoms with Crippen molar-refractivity contribution in [2.24, 2.45) is 0 Å². The number of carbonyl (C=O) groups is 3. The average Bonchev–Trinajstić information content (AvgIpc) is 3.13. The number of aromatic nitrogens is 3. The first-order chi connectivity index (χ1) is 14.8. The molecule has 1 aromatic carbocycles. The van der Waals surface area contributed by atoms with Crippen molar-refractivity contribution in [3.8, 4) is 5.75 Å². The number of halogens is 1. The van der Waals surface area contributed by atoms with Crippen LogP contribution in [0, 0.1) is 0 Å². The predicted octanol–water partition coefficient (Wildman–Crippen LogP) is 0.768. The molecule has 1 amide bonds. The van der Waals surface area contributed by atoms with Gasteiger partial charge in [0, 0.05) is 18.7 Å². The maximum Gasteiger partial charge on any atom is 0.356 e. The fraction of sp³-hybridized carbons (Fsp3) is 0.167. The number of carboxylic acids is 1. The number of amides is 1. The number of ether oxygens (including phenoxy) is 2. The Hall–Kier alpha value is -3.90. The van der Waals surface area contributed by atoms with Crippen molar-refractivity contribution < 1.29 is 29.0 Å². The molecular formula is C18H16ClN5O7. The Morgan fingerprint density at radius 3 is 2.77 bits per heavy atom. The van der Waals surface area contributed by atoms with Gasteiger partial charge in [-0.2, -0.15) is 0 Å². The zero-order valence-electron chi connectivity index (χ0n) is 16.0. The Kier molecular flexibility index (Phi) is 6.52. The largest absolute Gasteiger partial charge is 0.482 e. The molecular weight excluding hydrogens is 434 g/mol. The van der Waals surface area contributed by atoms with Gasteiger partial charge in [-0.3, -0.25) is 14.7 Å². The van der Waals surface area contributed by atoms with Crippen LogP contribution < -0.4 is 20.4 Å². The Balaban J connectivity index is 0.000000179. The van der Waals surface area contributed by atoms with Crippen LogP contribution in [0.15, 0.2) is 35.1 Å². The number of carboxylic acid groups (broad SMARTS) is 1. The number of methoxy groups -OCH3 is 1. The minimum Gasteiger partial charge on any atom is -0.482 e. The second-order valence-electron chi connectivity index (χ2n) is 6.12. The van der Waals surface area contributed by atoms with Gasteiger partial charge in [0.2, 0.25) is 0 Å². The maximum absolute atomic E-state index is 11.4. The monoisotopic (exact) mass is 449 g/mol. The fourth-order valence-corrected chi connectivity index (χ4v) is 2.83. The lowest BCUT2D eigenvalue weighted by Gasteiger charge is -2.18. The van der Waals surface area contributed by atoms with E-state index in [0.29, 0.717) is 18.0 Å². The summed E-state index contributed by atoms with van der Waals surface area (Å²) in [6.45, 7) is 0.630. The lowest BCUT2D eigenvalue weighted by atomic mass is 10.1. The van der Waals surface area contributed by atoms with Crippen LogP contribution in [0.4, 0.5) is 5.69 Å². The summed E-state index contributed by atoms with van der Waals surface area (Å²) in [4.78, 5) is 50.6. The highest BCUT2D eigenvalue weighted by Crippen LogP contribution is 2.28. The molecule has 12 nitrogen and oxygen atoms in total. The Morgan fingerprint density at radius 1 is 1.32 bits per heavy atom. The van der Waals surface area contributed by atoms with Crippen LogP contribution in [-0.4, -0.2) is 51.3 Å². The summed E-state index contributed by atoms with van der Waals surface area (Å²) in [6, 6.07) is 7.65. The van der Waals surface area contributed by atoms with Crippen LogP contribution in [0.2, 0.25) is 0 Å². The number of rotatable bonds is 4. The molecule has 0 fully saturated rings. The first kappa shape index (κ1) is 21.8. The molecule has 2 aromatic heterocycles. The Bertz CT molecular complexity index is 1220. The van der Waals surface area contributed by atoms with E-state index in [1.54, 1.807) is 0 Å². The number of esters is 1. The molecule has 4 N–H and O–H groups in total. The lowest BCUT2D eigenvalue weighted by molar-refractivity contribution is -0.118. The minimum atomic E-state index is -1.30. The first-order valence-corrected chi connectivity index (χ1v) is 9.03. The van der Waals surface area contributed by atoms with Gasteiger partial charge in [0.15, 0.2) is 23.6 Å². The van der Waals surface area contributed by atoms with E-state index in [0.717, 1.165) is 29.3 Å². The Morgan fingerprint density at radius 2 is 2.10 bits per heavy atom. The van der Waals surface area contributed by atoms with Crippen LogP contribution in [0.5, 0.6) is 5.75 Å². The van der Waals surface area contributed by atoms with Gasteiger partial charge in [-0.25, -0.2) is 23.9 Å². The number of H-pyrrole nitrogens is 1. The second-order valence-corrected chi connectivity index (χ2v) is 6.38. The van der Waals surface area contributed by atoms with Gasteiger partial charge in [-0.1, -0.05) is 6.07 Å². The van der Waals surface area contributed by atoms with Crippen molar-refractivity contribution in [3.63, 3.8) is 0 Å². The minimum absolute atomic E-state index is 0.0373. The molecule has 3 heterocycles. The third-order valence-corrected chi connectivity index (χ3v) is 4.16. The molecule has 0 spiro atoms. The number of carbonyl (C=O) groups excluding carboxylic acids is 2. The van der Waals surface area contributed by atoms with E-state index in [1.165, 1.54) is 0 Å². The summed E-state index contributed by atoms with van der Waals surface area (Å²) in [5, 5.41) is 13.9. The van der Waals surface area contributed by atoms with Crippen LogP contribution in [0.1, 0.15) is 26.5 Å². The van der Waals surface area contributed by atoms with E-state index in [2.05, 4.69) is 25.0 Å². The number of anilines is 1. The van der Waals surface area contributed by atoms with E-state index in [4.69, 9.17) is 21.6 Å². The summed E-state index contributed by atoms with van der Waals surface area (Å²) < 4.78 is 10.8. The molecule has 0 unspecified atom stereocenters. The van der Waals surface area contributed by atoms with E-state index in [-0.39, 0.29) is 29.5 Å². The highest BCUT2D eigenvalue weighted by Gasteiger charge is 2.17. The molecule has 1 aliphatic heterocycles. The summed E-state index contributed by atoms with van der Waals surface area (Å²) in [5.74, 6) is -1.51. The number of aromatic amines is 1. The quantitative estimate of drug-likeness (QED) is 0.332. The highest BCUT2D eigenvalue weighted by atomic mass is 35.5. The SMILES string of the molecule is COC(=O)c1cc(C(=O)O)nc2cc(=O)[nH]n12.O=C1COc2ccc(CNCl)cc2N1. The van der Waals surface area contributed by atoms with Crippen LogP contribution in [-0.2, 0) is 16.1 Å². The number of fused-ring (bicyclic) bond motifs is 2. The number of hydrogen-bond acceptors (Lipinski definition) is 8. The predicted molar refractivity (Wildman–Crippen MR) is 107 cm³/mol. The van der Waals surface area contributed by atoms with Gasteiger partial charge in [0.25, 0.3) is 11.5 Å². The molecule has 0 atom stereocenters. The van der Waals surface area contributed by atoms with Gasteiger partial charge in [0.1, 0.15) is 5.75 Å². The van der Waals surface area contributed by atoms with Gasteiger partial charge in [0.05, 0.1) is 12.8 Å². The van der Waals surface area contributed by atoms with Crippen molar-refractivity contribution in [1.82, 2.24) is 19.4 Å². The number of aromatic carboxylic acids is 1. The zero-order valence-corrected chi connectivity index (χ0v) is 16.7. The molecule has 1 aliphatic rings. The zero-order chi connectivity index (χ0) is 22.5. The molecule has 0 bridgehead atoms. The highest BCUT2D eigenvalue weighted by molar-refractivity contribution is 6.13. The Labute approximate surface area is 178 Å². The fourth-order valence-electron chi connectivity index (χ4n) is 2.68. The second kappa shape index (κ2) is 9.28. The smallest absolute Gasteiger partial charge is 0.356 e. The van der Waals surface area contributed by atoms with Crippen molar-refractivity contribution in [2.75, 3.05) is 19.0 Å². The van der Waals surface area contributed by atoms with Crippen LogP contribution >= 0.6 is 11.8 Å². The lowest BCUT2D eigenvalue weighted by Crippen LogP contribution is -2.25. The molecule has 162 valence electrons. The summed E-state index contributed by atoms with van der Waals surface area (Å²) in [5.41, 5.74) is 0.775. The summed E-state index contributed by atoms with van der Waals surface area (Å²) >= 11 is 5.38. The third-order valence-electron chi connectivity index (χ3n) is 4.02. The van der Waals surface area contributed by atoms with E-state index >= 15 is 0 Å². The summed E-state index contributed by atoms with van der Waals surface area (Å²) in [6.07, 6.45) is 0. The van der Waals surface area contributed by atoms with Crippen molar-refractivity contribution >= 4 is 41.0 Å². The number of hydrogen-bond donors (Lipinski definition) is 4. The molecule has 13 heteroatoms. The van der Waals surface area contributed by atoms with Crippen molar-refractivity contribution in [1.29, 1.82) is 0 Å².